The van der Waals surface area contributed by atoms with Gasteiger partial charge in [0.15, 0.2) is 0 Å². The zero-order valence-corrected chi connectivity index (χ0v) is 15.7. The smallest absolute Gasteiger partial charge is 0.275 e. The topological polar surface area (TPSA) is 26.6 Å². The Morgan fingerprint density at radius 1 is 1.04 bits per heavy atom. The first-order valence-corrected chi connectivity index (χ1v) is 9.52. The van der Waals surface area contributed by atoms with Gasteiger partial charge in [0, 0.05) is 17.5 Å². The number of hydrogen-bond donors (Lipinski definition) is 0. The van der Waals surface area contributed by atoms with E-state index in [0.29, 0.717) is 0 Å². The molecule has 0 saturated carbocycles. The van der Waals surface area contributed by atoms with Crippen molar-refractivity contribution in [2.45, 2.75) is 26.2 Å². The largest absolute Gasteiger partial charge is 0.497 e. The number of fused-ring (bicyclic) bond motifs is 1. The number of hydrogen-bond acceptors (Lipinski definition) is 2. The molecule has 0 aliphatic carbocycles. The molecule has 3 aromatic rings. The minimum Gasteiger partial charge on any atom is -0.497 e. The number of aromatic nitrogens is 1. The fourth-order valence-electron chi connectivity index (χ4n) is 4.05. The Labute approximate surface area is 155 Å². The highest BCUT2D eigenvalue weighted by Crippen LogP contribution is 2.27. The SMILES string of the molecule is COc1ccc2c(C)cc(N3CCC(Cc4ccccc4)CC3)[nH+]c2c1. The van der Waals surface area contributed by atoms with Crippen molar-refractivity contribution in [2.75, 3.05) is 25.1 Å². The Kier molecular flexibility index (Phi) is 4.79. The van der Waals surface area contributed by atoms with Crippen LogP contribution in [-0.2, 0) is 6.42 Å². The lowest BCUT2D eigenvalue weighted by Gasteiger charge is -2.28. The predicted octanol–water partition coefficient (Wildman–Crippen LogP) is 4.43. The monoisotopic (exact) mass is 347 g/mol. The maximum atomic E-state index is 5.38. The number of nitrogens with one attached hydrogen (secondary N) is 1. The molecule has 1 fully saturated rings. The lowest BCUT2D eigenvalue weighted by Crippen LogP contribution is -2.37. The first-order chi connectivity index (χ1) is 12.7. The number of methoxy groups -OCH3 is 1. The molecule has 0 amide bonds. The van der Waals surface area contributed by atoms with Gasteiger partial charge in [-0.2, -0.15) is 0 Å². The quantitative estimate of drug-likeness (QED) is 0.698. The number of rotatable bonds is 4. The molecular weight excluding hydrogens is 320 g/mol. The van der Waals surface area contributed by atoms with E-state index in [9.17, 15) is 0 Å². The molecule has 134 valence electrons. The molecule has 1 aliphatic heterocycles. The van der Waals surface area contributed by atoms with Crippen LogP contribution in [0.25, 0.3) is 10.9 Å². The highest BCUT2D eigenvalue weighted by atomic mass is 16.5. The summed E-state index contributed by atoms with van der Waals surface area (Å²) < 4.78 is 5.38. The van der Waals surface area contributed by atoms with E-state index >= 15 is 0 Å². The van der Waals surface area contributed by atoms with Crippen molar-refractivity contribution >= 4 is 16.7 Å². The number of ether oxygens (including phenoxy) is 1. The Morgan fingerprint density at radius 2 is 1.81 bits per heavy atom. The summed E-state index contributed by atoms with van der Waals surface area (Å²) in [5.41, 5.74) is 3.92. The molecule has 26 heavy (non-hydrogen) atoms. The van der Waals surface area contributed by atoms with Gasteiger partial charge in [0.05, 0.1) is 20.2 Å². The van der Waals surface area contributed by atoms with Crippen LogP contribution in [0.5, 0.6) is 5.75 Å². The van der Waals surface area contributed by atoms with Gasteiger partial charge in [0.2, 0.25) is 0 Å². The van der Waals surface area contributed by atoms with Crippen LogP contribution in [0.1, 0.15) is 24.0 Å². The maximum Gasteiger partial charge on any atom is 0.275 e. The lowest BCUT2D eigenvalue weighted by molar-refractivity contribution is -0.330. The fraction of sp³-hybridized carbons (Fsp3) is 0.348. The van der Waals surface area contributed by atoms with Gasteiger partial charge in [-0.25, -0.2) is 4.98 Å². The predicted molar refractivity (Wildman–Crippen MR) is 107 cm³/mol. The number of benzene rings is 2. The van der Waals surface area contributed by atoms with Crippen LogP contribution < -0.4 is 14.6 Å². The molecule has 1 N–H and O–H groups in total. The number of aromatic amines is 1. The second-order valence-corrected chi connectivity index (χ2v) is 7.37. The van der Waals surface area contributed by atoms with Crippen molar-refractivity contribution in [1.29, 1.82) is 0 Å². The molecule has 0 unspecified atom stereocenters. The molecule has 2 aromatic carbocycles. The third-order valence-corrected chi connectivity index (χ3v) is 5.59. The molecule has 0 spiro atoms. The number of pyridine rings is 1. The summed E-state index contributed by atoms with van der Waals surface area (Å²) in [5.74, 6) is 2.91. The number of anilines is 1. The Morgan fingerprint density at radius 3 is 2.54 bits per heavy atom. The van der Waals surface area contributed by atoms with Gasteiger partial charge in [0.25, 0.3) is 5.82 Å². The molecule has 4 rings (SSSR count). The Hall–Kier alpha value is -2.55. The van der Waals surface area contributed by atoms with Crippen LogP contribution in [0.3, 0.4) is 0 Å². The average Bonchev–Trinajstić information content (AvgIpc) is 2.69. The summed E-state index contributed by atoms with van der Waals surface area (Å²) in [6, 6.07) is 19.4. The van der Waals surface area contributed by atoms with E-state index in [2.05, 4.69) is 65.3 Å². The number of aryl methyl sites for hydroxylation is 1. The van der Waals surface area contributed by atoms with Crippen molar-refractivity contribution < 1.29 is 9.72 Å². The molecule has 0 bridgehead atoms. The first-order valence-electron chi connectivity index (χ1n) is 9.52. The summed E-state index contributed by atoms with van der Waals surface area (Å²) >= 11 is 0. The van der Waals surface area contributed by atoms with Crippen molar-refractivity contribution in [3.05, 3.63) is 65.7 Å². The third-order valence-electron chi connectivity index (χ3n) is 5.59. The van der Waals surface area contributed by atoms with E-state index in [0.717, 1.165) is 30.3 Å². The van der Waals surface area contributed by atoms with Gasteiger partial charge in [0.1, 0.15) is 11.3 Å². The second kappa shape index (κ2) is 7.36. The molecule has 0 atom stereocenters. The van der Waals surface area contributed by atoms with Crippen LogP contribution in [0, 0.1) is 12.8 Å². The summed E-state index contributed by atoms with van der Waals surface area (Å²) in [6.45, 7) is 4.42. The van der Waals surface area contributed by atoms with Crippen LogP contribution in [0.2, 0.25) is 0 Å². The minimum atomic E-state index is 0.787. The van der Waals surface area contributed by atoms with Gasteiger partial charge in [-0.05, 0) is 55.4 Å². The van der Waals surface area contributed by atoms with Crippen molar-refractivity contribution in [3.8, 4) is 5.75 Å². The molecule has 3 heteroatoms. The molecule has 2 heterocycles. The third kappa shape index (κ3) is 3.52. The van der Waals surface area contributed by atoms with Crippen LogP contribution >= 0.6 is 0 Å². The van der Waals surface area contributed by atoms with E-state index in [4.69, 9.17) is 4.74 Å². The summed E-state index contributed by atoms with van der Waals surface area (Å²) in [5, 5.41) is 1.26. The average molecular weight is 347 g/mol. The first kappa shape index (κ1) is 16.9. The molecule has 1 aromatic heterocycles. The van der Waals surface area contributed by atoms with Gasteiger partial charge in [-0.1, -0.05) is 30.3 Å². The van der Waals surface area contributed by atoms with Gasteiger partial charge >= 0.3 is 0 Å². The van der Waals surface area contributed by atoms with E-state index in [-0.39, 0.29) is 0 Å². The zero-order valence-electron chi connectivity index (χ0n) is 15.7. The lowest BCUT2D eigenvalue weighted by atomic mass is 9.90. The van der Waals surface area contributed by atoms with E-state index in [1.165, 1.54) is 41.6 Å². The number of nitrogens with zero attached hydrogens (tertiary/aromatic N) is 1. The highest BCUT2D eigenvalue weighted by molar-refractivity contribution is 5.81. The fourth-order valence-corrected chi connectivity index (χ4v) is 4.05. The minimum absolute atomic E-state index is 0.787. The Bertz CT molecular complexity index is 883. The van der Waals surface area contributed by atoms with Crippen molar-refractivity contribution in [1.82, 2.24) is 0 Å². The van der Waals surface area contributed by atoms with Gasteiger partial charge < -0.3 is 4.74 Å². The van der Waals surface area contributed by atoms with Crippen LogP contribution in [0.4, 0.5) is 5.82 Å². The van der Waals surface area contributed by atoms with Gasteiger partial charge in [-0.3, -0.25) is 4.90 Å². The second-order valence-electron chi connectivity index (χ2n) is 7.37. The molecule has 3 nitrogen and oxygen atoms in total. The standard InChI is InChI=1S/C23H26N2O/c1-17-14-23(24-22-16-20(26-2)8-9-21(17)22)25-12-10-19(11-13-25)15-18-6-4-3-5-7-18/h3-9,14,16,19H,10-13,15H2,1-2H3/p+1. The maximum absolute atomic E-state index is 5.38. The normalized spacial score (nSPS) is 15.4. The zero-order chi connectivity index (χ0) is 17.9. The Balaban J connectivity index is 1.48. The van der Waals surface area contributed by atoms with E-state index < -0.39 is 0 Å². The molecular formula is C23H27N2O+. The van der Waals surface area contributed by atoms with Crippen LogP contribution in [-0.4, -0.2) is 20.2 Å². The molecule has 0 radical (unpaired) electrons. The van der Waals surface area contributed by atoms with Gasteiger partial charge in [-0.15, -0.1) is 0 Å². The van der Waals surface area contributed by atoms with E-state index in [1.54, 1.807) is 7.11 Å². The number of piperidine rings is 1. The van der Waals surface area contributed by atoms with Crippen molar-refractivity contribution in [2.24, 2.45) is 5.92 Å². The number of H-pyrrole nitrogens is 1. The van der Waals surface area contributed by atoms with E-state index in [1.807, 2.05) is 6.07 Å². The summed E-state index contributed by atoms with van der Waals surface area (Å²) in [7, 11) is 1.72. The van der Waals surface area contributed by atoms with Crippen LogP contribution in [0.15, 0.2) is 54.6 Å². The molecule has 1 saturated heterocycles. The summed E-state index contributed by atoms with van der Waals surface area (Å²) in [4.78, 5) is 6.12. The molecule has 1 aliphatic rings. The van der Waals surface area contributed by atoms with Crippen molar-refractivity contribution in [3.63, 3.8) is 0 Å². The highest BCUT2D eigenvalue weighted by Gasteiger charge is 2.26. The summed E-state index contributed by atoms with van der Waals surface area (Å²) in [6.07, 6.45) is 3.70.